The topological polar surface area (TPSA) is 80.4 Å². The summed E-state index contributed by atoms with van der Waals surface area (Å²) in [5, 5.41) is 5.75. The van der Waals surface area contributed by atoms with E-state index in [-0.39, 0.29) is 12.4 Å². The monoisotopic (exact) mass is 418 g/mol. The van der Waals surface area contributed by atoms with Gasteiger partial charge in [0.2, 0.25) is 5.89 Å². The largest absolute Gasteiger partial charge is 0.437 e. The molecule has 0 atom stereocenters. The molecule has 31 heavy (non-hydrogen) atoms. The predicted octanol–water partition coefficient (Wildman–Crippen LogP) is 3.38. The Balaban J connectivity index is 1.50. The quantitative estimate of drug-likeness (QED) is 0.466. The minimum atomic E-state index is -0.774. The van der Waals surface area contributed by atoms with Crippen LogP contribution in [0.15, 0.2) is 94.1 Å². The molecule has 0 saturated heterocycles. The summed E-state index contributed by atoms with van der Waals surface area (Å²) in [6.07, 6.45) is 0. The van der Waals surface area contributed by atoms with Gasteiger partial charge < -0.3 is 4.42 Å². The fraction of sp³-hybridized carbons (Fsp3) is 0.0870. The van der Waals surface area contributed by atoms with Gasteiger partial charge in [-0.15, -0.1) is 5.10 Å². The van der Waals surface area contributed by atoms with E-state index in [4.69, 9.17) is 4.42 Å². The maximum atomic E-state index is 13.1. The van der Waals surface area contributed by atoms with Gasteiger partial charge in [0, 0.05) is 5.56 Å². The van der Waals surface area contributed by atoms with Gasteiger partial charge in [-0.1, -0.05) is 48.5 Å². The van der Waals surface area contributed by atoms with E-state index < -0.39 is 17.5 Å². The Bertz CT molecular complexity index is 1210. The van der Waals surface area contributed by atoms with Crippen molar-refractivity contribution in [2.45, 2.75) is 13.1 Å². The normalized spacial score (nSPS) is 10.6. The molecule has 7 nitrogen and oxygen atoms in total. The summed E-state index contributed by atoms with van der Waals surface area (Å²) in [5.41, 5.74) is 5.05. The highest BCUT2D eigenvalue weighted by atomic mass is 19.1. The van der Waals surface area contributed by atoms with E-state index in [2.05, 4.69) is 10.5 Å². The molecule has 0 spiro atoms. The van der Waals surface area contributed by atoms with Crippen molar-refractivity contribution >= 4 is 11.6 Å². The second kappa shape index (κ2) is 9.08. The number of nitrogens with one attached hydrogen (secondary N) is 1. The number of nitrogens with zero attached hydrogens (tertiary/aromatic N) is 3. The number of hydrogen-bond donors (Lipinski definition) is 1. The van der Waals surface area contributed by atoms with Crippen LogP contribution in [0.4, 0.5) is 10.1 Å². The Kier molecular flexibility index (Phi) is 5.89. The van der Waals surface area contributed by atoms with Crippen LogP contribution in [0.1, 0.15) is 5.56 Å². The lowest BCUT2D eigenvalue weighted by Crippen LogP contribution is -2.44. The molecule has 0 fully saturated rings. The van der Waals surface area contributed by atoms with E-state index in [0.717, 1.165) is 15.9 Å². The second-order valence-electron chi connectivity index (χ2n) is 6.78. The second-order valence-corrected chi connectivity index (χ2v) is 6.78. The van der Waals surface area contributed by atoms with Gasteiger partial charge in [0.15, 0.2) is 0 Å². The minimum absolute atomic E-state index is 0.0157. The summed E-state index contributed by atoms with van der Waals surface area (Å²) >= 11 is 0. The number of hydrazine groups is 1. The molecule has 1 heterocycles. The number of halogens is 1. The lowest BCUT2D eigenvalue weighted by molar-refractivity contribution is -0.122. The minimum Gasteiger partial charge on any atom is -0.388 e. The first-order valence-electron chi connectivity index (χ1n) is 9.58. The third-order valence-electron chi connectivity index (χ3n) is 4.50. The highest BCUT2D eigenvalue weighted by molar-refractivity contribution is 5.77. The number of carbonyl (C=O) groups is 1. The number of carbonyl (C=O) groups excluding carboxylic acids is 1. The van der Waals surface area contributed by atoms with Crippen molar-refractivity contribution in [3.63, 3.8) is 0 Å². The van der Waals surface area contributed by atoms with Crippen LogP contribution < -0.4 is 16.2 Å². The van der Waals surface area contributed by atoms with Crippen LogP contribution in [-0.4, -0.2) is 15.7 Å². The predicted molar refractivity (Wildman–Crippen MR) is 113 cm³/mol. The maximum absolute atomic E-state index is 13.1. The molecule has 8 heteroatoms. The Morgan fingerprint density at radius 3 is 2.29 bits per heavy atom. The third kappa shape index (κ3) is 5.05. The SMILES string of the molecule is O=C(Cn1nc(-c2ccc(F)cc2)oc1=O)NN(Cc1ccccc1)c1ccccc1. The van der Waals surface area contributed by atoms with E-state index >= 15 is 0 Å². The van der Waals surface area contributed by atoms with Crippen molar-refractivity contribution in [2.75, 3.05) is 5.01 Å². The maximum Gasteiger partial charge on any atom is 0.437 e. The Morgan fingerprint density at radius 2 is 1.61 bits per heavy atom. The summed E-state index contributed by atoms with van der Waals surface area (Å²) in [6.45, 7) is 0.104. The van der Waals surface area contributed by atoms with Crippen LogP contribution in [0.5, 0.6) is 0 Å². The van der Waals surface area contributed by atoms with Crippen LogP contribution in [0.2, 0.25) is 0 Å². The van der Waals surface area contributed by atoms with Gasteiger partial charge in [0.25, 0.3) is 5.91 Å². The molecule has 4 aromatic rings. The van der Waals surface area contributed by atoms with E-state index in [0.29, 0.717) is 12.1 Å². The molecule has 0 aliphatic heterocycles. The molecule has 0 unspecified atom stereocenters. The standard InChI is InChI=1S/C23H19FN4O3/c24-19-13-11-18(12-14-19)22-26-28(23(30)31-22)16-21(29)25-27(20-9-5-2-6-10-20)15-17-7-3-1-4-8-17/h1-14H,15-16H2,(H,25,29). The smallest absolute Gasteiger partial charge is 0.388 e. The zero-order valence-electron chi connectivity index (χ0n) is 16.4. The van der Waals surface area contributed by atoms with Crippen molar-refractivity contribution in [2.24, 2.45) is 0 Å². The average Bonchev–Trinajstić information content (AvgIpc) is 3.15. The van der Waals surface area contributed by atoms with Crippen molar-refractivity contribution < 1.29 is 13.6 Å². The van der Waals surface area contributed by atoms with Crippen LogP contribution in [-0.2, 0) is 17.9 Å². The van der Waals surface area contributed by atoms with E-state index in [9.17, 15) is 14.0 Å². The van der Waals surface area contributed by atoms with Gasteiger partial charge in [0.05, 0.1) is 12.2 Å². The van der Waals surface area contributed by atoms with Crippen molar-refractivity contribution in [1.82, 2.24) is 15.2 Å². The molecule has 1 N–H and O–H groups in total. The zero-order chi connectivity index (χ0) is 21.6. The lowest BCUT2D eigenvalue weighted by atomic mass is 10.2. The molecule has 3 aromatic carbocycles. The van der Waals surface area contributed by atoms with Crippen LogP contribution >= 0.6 is 0 Å². The number of benzene rings is 3. The Morgan fingerprint density at radius 1 is 0.968 bits per heavy atom. The summed E-state index contributed by atoms with van der Waals surface area (Å²) in [6, 6.07) is 24.4. The number of hydrogen-bond acceptors (Lipinski definition) is 5. The number of aromatic nitrogens is 2. The molecule has 4 rings (SSSR count). The highest BCUT2D eigenvalue weighted by Gasteiger charge is 2.16. The first kappa shape index (κ1) is 20.1. The molecule has 0 radical (unpaired) electrons. The molecule has 1 amide bonds. The lowest BCUT2D eigenvalue weighted by Gasteiger charge is -2.25. The summed E-state index contributed by atoms with van der Waals surface area (Å²) < 4.78 is 19.1. The van der Waals surface area contributed by atoms with Gasteiger partial charge in [-0.3, -0.25) is 15.2 Å². The molecule has 156 valence electrons. The van der Waals surface area contributed by atoms with Crippen molar-refractivity contribution in [3.8, 4) is 11.5 Å². The average molecular weight is 418 g/mol. The Hall–Kier alpha value is -4.20. The number of anilines is 1. The number of para-hydroxylation sites is 1. The van der Waals surface area contributed by atoms with Gasteiger partial charge in [-0.2, -0.15) is 4.68 Å². The van der Waals surface area contributed by atoms with E-state index in [1.54, 1.807) is 5.01 Å². The van der Waals surface area contributed by atoms with Crippen LogP contribution in [0.3, 0.4) is 0 Å². The molecular formula is C23H19FN4O3. The van der Waals surface area contributed by atoms with Crippen molar-refractivity contribution in [1.29, 1.82) is 0 Å². The van der Waals surface area contributed by atoms with Crippen LogP contribution in [0, 0.1) is 5.82 Å². The van der Waals surface area contributed by atoms with Gasteiger partial charge in [-0.25, -0.2) is 9.18 Å². The summed E-state index contributed by atoms with van der Waals surface area (Å²) in [7, 11) is 0. The zero-order valence-corrected chi connectivity index (χ0v) is 16.4. The van der Waals surface area contributed by atoms with Crippen LogP contribution in [0.25, 0.3) is 11.5 Å². The first-order valence-corrected chi connectivity index (χ1v) is 9.58. The van der Waals surface area contributed by atoms with Gasteiger partial charge in [-0.05, 0) is 42.0 Å². The summed E-state index contributed by atoms with van der Waals surface area (Å²) in [4.78, 5) is 24.8. The molecule has 0 saturated carbocycles. The number of amides is 1. The first-order chi connectivity index (χ1) is 15.1. The van der Waals surface area contributed by atoms with E-state index in [1.165, 1.54) is 24.3 Å². The highest BCUT2D eigenvalue weighted by Crippen LogP contribution is 2.16. The molecular weight excluding hydrogens is 399 g/mol. The summed E-state index contributed by atoms with van der Waals surface area (Å²) in [5.74, 6) is -1.61. The molecule has 0 bridgehead atoms. The molecule has 0 aliphatic rings. The fourth-order valence-electron chi connectivity index (χ4n) is 3.01. The molecule has 1 aromatic heterocycles. The fourth-order valence-corrected chi connectivity index (χ4v) is 3.01. The number of rotatable bonds is 7. The van der Waals surface area contributed by atoms with Gasteiger partial charge in [0.1, 0.15) is 12.4 Å². The Labute approximate surface area is 177 Å². The van der Waals surface area contributed by atoms with Crippen molar-refractivity contribution in [3.05, 3.63) is 107 Å². The van der Waals surface area contributed by atoms with E-state index in [1.807, 2.05) is 60.7 Å². The molecule has 0 aliphatic carbocycles. The van der Waals surface area contributed by atoms with Gasteiger partial charge >= 0.3 is 5.76 Å². The third-order valence-corrected chi connectivity index (χ3v) is 4.50.